The summed E-state index contributed by atoms with van der Waals surface area (Å²) >= 11 is 0. The van der Waals surface area contributed by atoms with Gasteiger partial charge in [0.2, 0.25) is 11.8 Å². The highest BCUT2D eigenvalue weighted by Gasteiger charge is 2.47. The van der Waals surface area contributed by atoms with Gasteiger partial charge in [0, 0.05) is 20.1 Å². The smallest absolute Gasteiger partial charge is 0.468 e. The first kappa shape index (κ1) is 33.3. The Bertz CT molecular complexity index is 945. The Morgan fingerprint density at radius 3 is 2.12 bits per heavy atom. The van der Waals surface area contributed by atoms with E-state index in [4.69, 9.17) is 0 Å². The summed E-state index contributed by atoms with van der Waals surface area (Å²) in [5.41, 5.74) is -1.88. The van der Waals surface area contributed by atoms with Crippen molar-refractivity contribution >= 4 is 29.6 Å². The number of nitrogens with zero attached hydrogens (tertiary/aromatic N) is 3. The number of amides is 3. The summed E-state index contributed by atoms with van der Waals surface area (Å²) in [7, 11) is 2.15. The second kappa shape index (κ2) is 14.2. The van der Waals surface area contributed by atoms with Gasteiger partial charge in [-0.3, -0.25) is 19.2 Å². The molecule has 0 aromatic carbocycles. The maximum Gasteiger partial charge on any atom is 0.468 e. The van der Waals surface area contributed by atoms with E-state index in [-0.39, 0.29) is 12.3 Å². The van der Waals surface area contributed by atoms with Crippen molar-refractivity contribution in [2.24, 2.45) is 16.8 Å². The Kier molecular flexibility index (Phi) is 11.8. The number of halogens is 3. The number of rotatable bonds is 11. The number of methoxy groups -OCH3 is 1. The van der Waals surface area contributed by atoms with E-state index in [2.05, 4.69) is 15.0 Å². The number of likely N-dealkylation sites (tertiary alicyclic amines) is 1. The van der Waals surface area contributed by atoms with Gasteiger partial charge >= 0.3 is 12.1 Å². The number of aliphatic carboxylic acids is 1. The van der Waals surface area contributed by atoms with Crippen LogP contribution < -0.4 is 5.32 Å². The molecule has 2 aliphatic rings. The van der Waals surface area contributed by atoms with E-state index in [9.17, 15) is 37.5 Å². The molecule has 1 aliphatic heterocycles. The molecule has 1 aliphatic carbocycles. The molecule has 0 spiro atoms. The van der Waals surface area contributed by atoms with Gasteiger partial charge in [0.1, 0.15) is 17.6 Å². The van der Waals surface area contributed by atoms with Gasteiger partial charge in [0.05, 0.1) is 13.5 Å². The van der Waals surface area contributed by atoms with E-state index in [1.807, 2.05) is 0 Å². The number of likely N-dealkylation sites (N-methyl/N-ethyl adjacent to an activating group) is 1. The molecule has 2 rings (SSSR count). The largest absolute Gasteiger partial charge is 0.481 e. The number of nitrogens with one attached hydrogen (secondary N) is 1. The van der Waals surface area contributed by atoms with Gasteiger partial charge in [-0.25, -0.2) is 4.99 Å². The minimum absolute atomic E-state index is 0.0319. The predicted octanol–water partition coefficient (Wildman–Crippen LogP) is 3.39. The quantitative estimate of drug-likeness (QED) is 0.287. The van der Waals surface area contributed by atoms with Crippen LogP contribution in [0.2, 0.25) is 0 Å². The van der Waals surface area contributed by atoms with E-state index in [0.717, 1.165) is 57.0 Å². The van der Waals surface area contributed by atoms with E-state index in [1.54, 1.807) is 13.8 Å². The SMILES string of the molecule is COC(=N[C@@](C)(CC1CCCCC1)C(=O)N(C)[C@H](C(=O)N[C@@H](CC(=O)O)C(=O)N1CCCC1)C(C)C)C(F)(F)F. The summed E-state index contributed by atoms with van der Waals surface area (Å²) in [4.78, 5) is 58.2. The van der Waals surface area contributed by atoms with Gasteiger partial charge in [0.25, 0.3) is 11.8 Å². The first-order chi connectivity index (χ1) is 18.6. The Hall–Kier alpha value is -2.86. The molecule has 2 N–H and O–H groups in total. The Labute approximate surface area is 233 Å². The molecule has 1 saturated carbocycles. The first-order valence-electron chi connectivity index (χ1n) is 13.9. The molecule has 0 radical (unpaired) electrons. The fourth-order valence-electron chi connectivity index (χ4n) is 5.80. The molecule has 3 atom stereocenters. The van der Waals surface area contributed by atoms with Crippen LogP contribution in [0.15, 0.2) is 4.99 Å². The lowest BCUT2D eigenvalue weighted by atomic mass is 9.79. The lowest BCUT2D eigenvalue weighted by molar-refractivity contribution is -0.147. The number of hydrogen-bond acceptors (Lipinski definition) is 6. The second-order valence-electron chi connectivity index (χ2n) is 11.4. The van der Waals surface area contributed by atoms with E-state index >= 15 is 0 Å². The summed E-state index contributed by atoms with van der Waals surface area (Å²) < 4.78 is 45.4. The fraction of sp³-hybridized carbons (Fsp3) is 0.815. The van der Waals surface area contributed by atoms with Crippen molar-refractivity contribution in [1.82, 2.24) is 15.1 Å². The van der Waals surface area contributed by atoms with E-state index in [1.165, 1.54) is 18.9 Å². The summed E-state index contributed by atoms with van der Waals surface area (Å²) in [5.74, 6) is -5.45. The molecule has 13 heteroatoms. The van der Waals surface area contributed by atoms with Gasteiger partial charge in [-0.1, -0.05) is 46.0 Å². The van der Waals surface area contributed by atoms with E-state index in [0.29, 0.717) is 13.1 Å². The number of aliphatic imine (C=N–C) groups is 1. The molecule has 0 unspecified atom stereocenters. The number of carboxylic acids is 1. The van der Waals surface area contributed by atoms with Crippen LogP contribution in [0.4, 0.5) is 13.2 Å². The van der Waals surface area contributed by atoms with Crippen molar-refractivity contribution in [3.8, 4) is 0 Å². The van der Waals surface area contributed by atoms with E-state index < -0.39 is 65.7 Å². The molecule has 228 valence electrons. The molecule has 3 amide bonds. The third-order valence-corrected chi connectivity index (χ3v) is 7.70. The van der Waals surface area contributed by atoms with Crippen molar-refractivity contribution in [3.05, 3.63) is 0 Å². The zero-order chi connectivity index (χ0) is 30.3. The number of hydrogen-bond donors (Lipinski definition) is 2. The molecule has 1 heterocycles. The molecule has 0 aromatic rings. The second-order valence-corrected chi connectivity index (χ2v) is 11.4. The normalized spacial score (nSPS) is 20.0. The Morgan fingerprint density at radius 1 is 1.07 bits per heavy atom. The molecule has 40 heavy (non-hydrogen) atoms. The molecule has 0 bridgehead atoms. The predicted molar refractivity (Wildman–Crippen MR) is 141 cm³/mol. The van der Waals surface area contributed by atoms with Crippen molar-refractivity contribution in [3.63, 3.8) is 0 Å². The summed E-state index contributed by atoms with van der Waals surface area (Å²) in [5, 5.41) is 11.9. The highest BCUT2D eigenvalue weighted by atomic mass is 19.4. The standard InChI is InChI=1S/C27H43F3N4O6/c1-17(2)21(22(37)31-19(15-20(35)36)23(38)34-13-9-10-14-34)33(4)25(39)26(3,16-18-11-7-6-8-12-18)32-24(40-5)27(28,29)30/h17-19,21H,6-16H2,1-5H3,(H,31,37)(H,35,36)/t19-,21-,26-/m0/s1. The summed E-state index contributed by atoms with van der Waals surface area (Å²) in [6.45, 7) is 5.54. The first-order valence-corrected chi connectivity index (χ1v) is 13.9. The highest BCUT2D eigenvalue weighted by Crippen LogP contribution is 2.35. The molecule has 1 saturated heterocycles. The topological polar surface area (TPSA) is 129 Å². The zero-order valence-corrected chi connectivity index (χ0v) is 24.1. The van der Waals surface area contributed by atoms with Gasteiger partial charge in [-0.05, 0) is 38.0 Å². The van der Waals surface area contributed by atoms with Gasteiger partial charge in [-0.15, -0.1) is 0 Å². The van der Waals surface area contributed by atoms with Gasteiger partial charge in [0.15, 0.2) is 0 Å². The maximum absolute atomic E-state index is 13.9. The van der Waals surface area contributed by atoms with Crippen LogP contribution >= 0.6 is 0 Å². The zero-order valence-electron chi connectivity index (χ0n) is 24.1. The minimum Gasteiger partial charge on any atom is -0.481 e. The highest BCUT2D eigenvalue weighted by molar-refractivity contribution is 5.96. The number of ether oxygens (including phenoxy) is 1. The molecular weight excluding hydrogens is 533 g/mol. The average molecular weight is 577 g/mol. The monoisotopic (exact) mass is 576 g/mol. The molecule has 10 nitrogen and oxygen atoms in total. The van der Waals surface area contributed by atoms with Crippen molar-refractivity contribution < 1.29 is 42.2 Å². The maximum atomic E-state index is 13.9. The molecule has 0 aromatic heterocycles. The van der Waals surface area contributed by atoms with Crippen LogP contribution in [0.25, 0.3) is 0 Å². The number of alkyl halides is 3. The van der Waals surface area contributed by atoms with Crippen LogP contribution in [0.5, 0.6) is 0 Å². The third-order valence-electron chi connectivity index (χ3n) is 7.70. The van der Waals surface area contributed by atoms with Crippen molar-refractivity contribution in [1.29, 1.82) is 0 Å². The van der Waals surface area contributed by atoms with Crippen LogP contribution in [-0.4, -0.2) is 95.5 Å². The Morgan fingerprint density at radius 2 is 1.65 bits per heavy atom. The minimum atomic E-state index is -4.92. The van der Waals surface area contributed by atoms with Crippen LogP contribution in [0.3, 0.4) is 0 Å². The number of carbonyl (C=O) groups excluding carboxylic acids is 3. The Balaban J connectivity index is 2.39. The number of carbonyl (C=O) groups is 4. The number of carboxylic acid groups (broad SMARTS) is 1. The fourth-order valence-corrected chi connectivity index (χ4v) is 5.80. The van der Waals surface area contributed by atoms with Crippen LogP contribution in [0, 0.1) is 11.8 Å². The van der Waals surface area contributed by atoms with Crippen LogP contribution in [0.1, 0.15) is 78.6 Å². The van der Waals surface area contributed by atoms with Crippen molar-refractivity contribution in [2.75, 3.05) is 27.2 Å². The lowest BCUT2D eigenvalue weighted by Gasteiger charge is -2.38. The third kappa shape index (κ3) is 8.82. The summed E-state index contributed by atoms with van der Waals surface area (Å²) in [6, 6.07) is -2.54. The molecule has 2 fully saturated rings. The van der Waals surface area contributed by atoms with Gasteiger partial charge in [-0.2, -0.15) is 13.2 Å². The lowest BCUT2D eigenvalue weighted by Crippen LogP contribution is -2.59. The van der Waals surface area contributed by atoms with Crippen LogP contribution in [-0.2, 0) is 23.9 Å². The van der Waals surface area contributed by atoms with Crippen molar-refractivity contribution in [2.45, 2.75) is 102 Å². The van der Waals surface area contributed by atoms with Gasteiger partial charge < -0.3 is 25.0 Å². The molecular formula is C27H43F3N4O6. The average Bonchev–Trinajstić information content (AvgIpc) is 3.40. The summed E-state index contributed by atoms with van der Waals surface area (Å²) in [6.07, 6.45) is 0.335.